The standard InChI is InChI=1S/C21H27FN2O/c1-3-25-21-13-12-20(23-24-21)18-11-10-17(14-19(18)22)9-8-16-6-4-15(2)5-7-16/h10-16H,3-9H2,1-2H3. The Labute approximate surface area is 149 Å². The van der Waals surface area contributed by atoms with E-state index in [2.05, 4.69) is 17.1 Å². The minimum absolute atomic E-state index is 0.228. The van der Waals surface area contributed by atoms with E-state index in [1.807, 2.05) is 19.1 Å². The SMILES string of the molecule is CCOc1ccc(-c2ccc(CCC3CCC(C)CC3)cc2F)nn1. The predicted octanol–water partition coefficient (Wildman–Crippen LogP) is 5.44. The van der Waals surface area contributed by atoms with Gasteiger partial charge < -0.3 is 4.74 Å². The number of benzene rings is 1. The first-order valence-electron chi connectivity index (χ1n) is 9.41. The topological polar surface area (TPSA) is 35.0 Å². The highest BCUT2D eigenvalue weighted by atomic mass is 19.1. The fourth-order valence-corrected chi connectivity index (χ4v) is 3.60. The second-order valence-electron chi connectivity index (χ2n) is 7.17. The zero-order valence-electron chi connectivity index (χ0n) is 15.2. The lowest BCUT2D eigenvalue weighted by Crippen LogP contribution is -2.12. The normalized spacial score (nSPS) is 20.4. The Morgan fingerprint density at radius 1 is 1.08 bits per heavy atom. The summed E-state index contributed by atoms with van der Waals surface area (Å²) in [7, 11) is 0. The van der Waals surface area contributed by atoms with Gasteiger partial charge in [0.2, 0.25) is 5.88 Å². The Morgan fingerprint density at radius 2 is 1.88 bits per heavy atom. The molecule has 1 fully saturated rings. The van der Waals surface area contributed by atoms with E-state index in [1.54, 1.807) is 18.2 Å². The maximum atomic E-state index is 14.5. The molecule has 0 bridgehead atoms. The molecule has 0 saturated heterocycles. The molecule has 1 aliphatic carbocycles. The van der Waals surface area contributed by atoms with Gasteiger partial charge in [0.15, 0.2) is 0 Å². The number of hydrogen-bond acceptors (Lipinski definition) is 3. The molecule has 3 rings (SSSR count). The lowest BCUT2D eigenvalue weighted by atomic mass is 9.80. The molecule has 0 atom stereocenters. The van der Waals surface area contributed by atoms with Gasteiger partial charge in [-0.25, -0.2) is 4.39 Å². The maximum Gasteiger partial charge on any atom is 0.233 e. The molecule has 2 aromatic rings. The largest absolute Gasteiger partial charge is 0.477 e. The van der Waals surface area contributed by atoms with Crippen LogP contribution in [0.2, 0.25) is 0 Å². The van der Waals surface area contributed by atoms with E-state index in [9.17, 15) is 4.39 Å². The van der Waals surface area contributed by atoms with Crippen LogP contribution in [0.3, 0.4) is 0 Å². The monoisotopic (exact) mass is 342 g/mol. The summed E-state index contributed by atoms with van der Waals surface area (Å²) < 4.78 is 19.8. The summed E-state index contributed by atoms with van der Waals surface area (Å²) >= 11 is 0. The molecule has 1 aliphatic rings. The molecule has 0 N–H and O–H groups in total. The van der Waals surface area contributed by atoms with Gasteiger partial charge in [0.25, 0.3) is 0 Å². The second-order valence-corrected chi connectivity index (χ2v) is 7.17. The first kappa shape index (κ1) is 17.8. The number of rotatable bonds is 6. The van der Waals surface area contributed by atoms with Crippen LogP contribution in [0.4, 0.5) is 4.39 Å². The Hall–Kier alpha value is -1.97. The van der Waals surface area contributed by atoms with Gasteiger partial charge in [-0.05, 0) is 55.4 Å². The zero-order chi connectivity index (χ0) is 17.6. The van der Waals surface area contributed by atoms with Gasteiger partial charge in [-0.1, -0.05) is 38.7 Å². The number of ether oxygens (including phenoxy) is 1. The minimum Gasteiger partial charge on any atom is -0.477 e. The molecule has 0 radical (unpaired) electrons. The van der Waals surface area contributed by atoms with Crippen molar-refractivity contribution in [2.75, 3.05) is 6.61 Å². The molecule has 134 valence electrons. The van der Waals surface area contributed by atoms with E-state index in [0.29, 0.717) is 23.7 Å². The number of hydrogen-bond donors (Lipinski definition) is 0. The van der Waals surface area contributed by atoms with Crippen LogP contribution < -0.4 is 4.74 Å². The summed E-state index contributed by atoms with van der Waals surface area (Å²) in [6.07, 6.45) is 7.44. The summed E-state index contributed by atoms with van der Waals surface area (Å²) in [5.74, 6) is 1.91. The summed E-state index contributed by atoms with van der Waals surface area (Å²) in [4.78, 5) is 0. The van der Waals surface area contributed by atoms with Crippen molar-refractivity contribution < 1.29 is 9.13 Å². The lowest BCUT2D eigenvalue weighted by Gasteiger charge is -2.26. The molecule has 0 aliphatic heterocycles. The molecule has 1 heterocycles. The number of aromatic nitrogens is 2. The van der Waals surface area contributed by atoms with E-state index >= 15 is 0 Å². The van der Waals surface area contributed by atoms with Crippen molar-refractivity contribution in [1.82, 2.24) is 10.2 Å². The van der Waals surface area contributed by atoms with E-state index < -0.39 is 0 Å². The molecule has 0 amide bonds. The molecule has 3 nitrogen and oxygen atoms in total. The minimum atomic E-state index is -0.228. The van der Waals surface area contributed by atoms with Crippen LogP contribution in [0.1, 0.15) is 51.5 Å². The van der Waals surface area contributed by atoms with Crippen LogP contribution in [-0.2, 0) is 6.42 Å². The number of nitrogens with zero attached hydrogens (tertiary/aromatic N) is 2. The average molecular weight is 342 g/mol. The van der Waals surface area contributed by atoms with Crippen molar-refractivity contribution in [1.29, 1.82) is 0 Å². The van der Waals surface area contributed by atoms with Gasteiger partial charge in [0.05, 0.1) is 12.3 Å². The fourth-order valence-electron chi connectivity index (χ4n) is 3.60. The summed E-state index contributed by atoms with van der Waals surface area (Å²) in [5, 5.41) is 8.04. The van der Waals surface area contributed by atoms with Crippen LogP contribution in [0.15, 0.2) is 30.3 Å². The van der Waals surface area contributed by atoms with Gasteiger partial charge in [0.1, 0.15) is 5.82 Å². The molecule has 0 spiro atoms. The highest BCUT2D eigenvalue weighted by Crippen LogP contribution is 2.31. The van der Waals surface area contributed by atoms with Crippen LogP contribution in [-0.4, -0.2) is 16.8 Å². The Bertz CT molecular complexity index is 679. The van der Waals surface area contributed by atoms with Crippen molar-refractivity contribution in [2.45, 2.75) is 52.4 Å². The zero-order valence-corrected chi connectivity index (χ0v) is 15.2. The molecular weight excluding hydrogens is 315 g/mol. The maximum absolute atomic E-state index is 14.5. The van der Waals surface area contributed by atoms with Crippen LogP contribution in [0, 0.1) is 17.7 Å². The third-order valence-electron chi connectivity index (χ3n) is 5.22. The summed E-state index contributed by atoms with van der Waals surface area (Å²) in [6, 6.07) is 8.96. The number of aryl methyl sites for hydroxylation is 1. The quantitative estimate of drug-likeness (QED) is 0.701. The highest BCUT2D eigenvalue weighted by Gasteiger charge is 2.18. The van der Waals surface area contributed by atoms with Gasteiger partial charge >= 0.3 is 0 Å². The third kappa shape index (κ3) is 4.77. The van der Waals surface area contributed by atoms with Crippen molar-refractivity contribution in [3.63, 3.8) is 0 Å². The first-order valence-corrected chi connectivity index (χ1v) is 9.41. The molecule has 4 heteroatoms. The lowest BCUT2D eigenvalue weighted by molar-refractivity contribution is 0.277. The van der Waals surface area contributed by atoms with Crippen LogP contribution >= 0.6 is 0 Å². The molecule has 1 aromatic carbocycles. The highest BCUT2D eigenvalue weighted by molar-refractivity contribution is 5.60. The fraction of sp³-hybridized carbons (Fsp3) is 0.524. The predicted molar refractivity (Wildman–Crippen MR) is 98.0 cm³/mol. The Morgan fingerprint density at radius 3 is 2.52 bits per heavy atom. The molecule has 1 aromatic heterocycles. The Balaban J connectivity index is 1.62. The van der Waals surface area contributed by atoms with Crippen LogP contribution in [0.5, 0.6) is 5.88 Å². The van der Waals surface area contributed by atoms with Crippen molar-refractivity contribution in [3.05, 3.63) is 41.7 Å². The average Bonchev–Trinajstić information content (AvgIpc) is 2.62. The molecule has 1 saturated carbocycles. The molecule has 0 unspecified atom stereocenters. The van der Waals surface area contributed by atoms with Gasteiger partial charge in [0, 0.05) is 11.6 Å². The smallest absolute Gasteiger partial charge is 0.233 e. The van der Waals surface area contributed by atoms with Crippen molar-refractivity contribution in [2.24, 2.45) is 11.8 Å². The summed E-state index contributed by atoms with van der Waals surface area (Å²) in [5.41, 5.74) is 2.10. The first-order chi connectivity index (χ1) is 12.2. The van der Waals surface area contributed by atoms with E-state index in [-0.39, 0.29) is 5.82 Å². The van der Waals surface area contributed by atoms with E-state index in [0.717, 1.165) is 30.2 Å². The van der Waals surface area contributed by atoms with Gasteiger partial charge in [-0.2, -0.15) is 0 Å². The van der Waals surface area contributed by atoms with Gasteiger partial charge in [-0.15, -0.1) is 10.2 Å². The van der Waals surface area contributed by atoms with Crippen molar-refractivity contribution in [3.8, 4) is 17.1 Å². The van der Waals surface area contributed by atoms with Gasteiger partial charge in [-0.3, -0.25) is 0 Å². The summed E-state index contributed by atoms with van der Waals surface area (Å²) in [6.45, 7) is 4.77. The molecule has 25 heavy (non-hydrogen) atoms. The third-order valence-corrected chi connectivity index (χ3v) is 5.22. The number of halogens is 1. The van der Waals surface area contributed by atoms with E-state index in [4.69, 9.17) is 4.74 Å². The second kappa shape index (κ2) is 8.41. The van der Waals surface area contributed by atoms with Crippen LogP contribution in [0.25, 0.3) is 11.3 Å². The molecular formula is C21H27FN2O. The van der Waals surface area contributed by atoms with Crippen molar-refractivity contribution >= 4 is 0 Å². The Kier molecular flexibility index (Phi) is 6.00. The van der Waals surface area contributed by atoms with E-state index in [1.165, 1.54) is 25.7 Å².